The minimum Gasteiger partial charge on any atom is -0.397 e. The number of halogens is 3. The molecule has 1 unspecified atom stereocenters. The summed E-state index contributed by atoms with van der Waals surface area (Å²) in [5.41, 5.74) is 12.8. The van der Waals surface area contributed by atoms with Crippen molar-refractivity contribution in [1.82, 2.24) is 0 Å². The molecule has 0 spiro atoms. The van der Waals surface area contributed by atoms with E-state index < -0.39 is 22.9 Å². The second-order valence-corrected chi connectivity index (χ2v) is 6.46. The van der Waals surface area contributed by atoms with E-state index in [1.165, 1.54) is 0 Å². The third-order valence-electron chi connectivity index (χ3n) is 4.88. The number of alkyl halides is 3. The molecule has 0 heterocycles. The van der Waals surface area contributed by atoms with Gasteiger partial charge in [-0.1, -0.05) is 20.8 Å². The summed E-state index contributed by atoms with van der Waals surface area (Å²) in [6, 6.07) is 1.63. The maximum absolute atomic E-state index is 13.4. The average molecular weight is 340 g/mol. The number of allylic oxidation sites excluding steroid dienone is 2. The minimum atomic E-state index is -4.65. The molecule has 2 aliphatic carbocycles. The lowest BCUT2D eigenvalue weighted by Crippen LogP contribution is -2.32. The van der Waals surface area contributed by atoms with Gasteiger partial charge in [0.1, 0.15) is 5.57 Å². The van der Waals surface area contributed by atoms with Crippen LogP contribution in [0.15, 0.2) is 11.6 Å². The number of benzene rings is 1. The van der Waals surface area contributed by atoms with Crippen LogP contribution >= 0.6 is 0 Å². The number of carbonyl (C=O) groups excluding carboxylic acids is 1. The number of ketones is 1. The largest absolute Gasteiger partial charge is 0.420 e. The molecule has 0 saturated carbocycles. The quantitative estimate of drug-likeness (QED) is 0.687. The molecule has 0 aromatic heterocycles. The molecule has 3 nitrogen and oxygen atoms in total. The van der Waals surface area contributed by atoms with Gasteiger partial charge in [0.05, 0.1) is 11.4 Å². The predicted octanol–water partition coefficient (Wildman–Crippen LogP) is 4.43. The summed E-state index contributed by atoms with van der Waals surface area (Å²) in [6.45, 7) is 7.48. The molecule has 0 bridgehead atoms. The number of fused-ring (bicyclic) bond motifs is 3. The number of aryl methyl sites for hydroxylation is 1. The van der Waals surface area contributed by atoms with Gasteiger partial charge in [-0.2, -0.15) is 13.2 Å². The zero-order chi connectivity index (χ0) is 18.4. The second kappa shape index (κ2) is 5.83. The fraction of sp³-hybridized carbons (Fsp3) is 0.500. The number of Topliss-reactive ketones (excluding diaryl/α,β-unsaturated/α-hetero) is 1. The topological polar surface area (TPSA) is 69.1 Å². The Morgan fingerprint density at radius 3 is 2.29 bits per heavy atom. The van der Waals surface area contributed by atoms with Crippen molar-refractivity contribution in [1.29, 1.82) is 0 Å². The summed E-state index contributed by atoms with van der Waals surface area (Å²) in [5.74, 6) is -0.833. The molecular formula is C18H23F3N2O. The van der Waals surface area contributed by atoms with Gasteiger partial charge < -0.3 is 11.5 Å². The van der Waals surface area contributed by atoms with Crippen LogP contribution in [0.2, 0.25) is 0 Å². The van der Waals surface area contributed by atoms with E-state index in [0.29, 0.717) is 40.9 Å². The minimum absolute atomic E-state index is 0.0861. The Morgan fingerprint density at radius 1 is 1.17 bits per heavy atom. The van der Waals surface area contributed by atoms with Crippen LogP contribution < -0.4 is 11.5 Å². The predicted molar refractivity (Wildman–Crippen MR) is 90.4 cm³/mol. The number of nitrogen functional groups attached to an aromatic ring is 2. The number of rotatable bonds is 0. The molecule has 6 heteroatoms. The van der Waals surface area contributed by atoms with Crippen molar-refractivity contribution in [3.8, 4) is 0 Å². The Hall–Kier alpha value is -1.98. The van der Waals surface area contributed by atoms with Crippen LogP contribution in [-0.4, -0.2) is 12.0 Å². The van der Waals surface area contributed by atoms with Crippen LogP contribution in [0.3, 0.4) is 0 Å². The highest BCUT2D eigenvalue weighted by atomic mass is 19.4. The molecule has 1 aromatic rings. The molecule has 132 valence electrons. The van der Waals surface area contributed by atoms with Crippen molar-refractivity contribution >= 4 is 22.7 Å². The molecular weight excluding hydrogens is 317 g/mol. The fourth-order valence-electron chi connectivity index (χ4n) is 3.72. The summed E-state index contributed by atoms with van der Waals surface area (Å²) in [4.78, 5) is 11.9. The van der Waals surface area contributed by atoms with E-state index in [2.05, 4.69) is 0 Å². The zero-order valence-corrected chi connectivity index (χ0v) is 14.4. The van der Waals surface area contributed by atoms with E-state index >= 15 is 0 Å². The monoisotopic (exact) mass is 340 g/mol. The summed E-state index contributed by atoms with van der Waals surface area (Å²) < 4.78 is 40.3. The van der Waals surface area contributed by atoms with Crippen molar-refractivity contribution in [3.05, 3.63) is 28.3 Å². The highest BCUT2D eigenvalue weighted by Crippen LogP contribution is 2.57. The molecule has 24 heavy (non-hydrogen) atoms. The van der Waals surface area contributed by atoms with Crippen LogP contribution in [0.25, 0.3) is 5.57 Å². The Kier molecular flexibility index (Phi) is 4.46. The lowest BCUT2D eigenvalue weighted by atomic mass is 9.71. The SMILES string of the molecule is CC.Cc1cc2c(c(N)c1N)CC1(C)CCC(=O)C(C(F)(F)F)=C21. The van der Waals surface area contributed by atoms with Gasteiger partial charge in [0.2, 0.25) is 0 Å². The second-order valence-electron chi connectivity index (χ2n) is 6.46. The number of anilines is 2. The summed E-state index contributed by atoms with van der Waals surface area (Å²) in [6.07, 6.45) is -3.95. The van der Waals surface area contributed by atoms with Crippen LogP contribution in [0.4, 0.5) is 24.5 Å². The van der Waals surface area contributed by atoms with E-state index in [-0.39, 0.29) is 12.0 Å². The molecule has 4 N–H and O–H groups in total. The molecule has 0 fully saturated rings. The van der Waals surface area contributed by atoms with E-state index in [4.69, 9.17) is 11.5 Å². The van der Waals surface area contributed by atoms with E-state index in [1.54, 1.807) is 19.9 Å². The van der Waals surface area contributed by atoms with Gasteiger partial charge in [-0.25, -0.2) is 0 Å². The van der Waals surface area contributed by atoms with Crippen LogP contribution in [0.1, 0.15) is 50.3 Å². The number of hydrogen-bond acceptors (Lipinski definition) is 3. The van der Waals surface area contributed by atoms with Crippen LogP contribution in [0, 0.1) is 12.3 Å². The summed E-state index contributed by atoms with van der Waals surface area (Å²) in [7, 11) is 0. The molecule has 0 saturated heterocycles. The highest BCUT2D eigenvalue weighted by Gasteiger charge is 2.52. The first-order valence-electron chi connectivity index (χ1n) is 8.09. The van der Waals surface area contributed by atoms with E-state index in [0.717, 1.165) is 0 Å². The standard InChI is InChI=1S/C16H17F3N2O.C2H6/c1-7-5-8-9(14(21)13(7)20)6-15(2)4-3-10(22)12(11(8)15)16(17,18)19;1-2/h5H,3-4,6,20-21H2,1-2H3;1-2H3. The first-order valence-corrected chi connectivity index (χ1v) is 8.09. The van der Waals surface area contributed by atoms with Crippen LogP contribution in [-0.2, 0) is 11.2 Å². The maximum Gasteiger partial charge on any atom is 0.420 e. The molecule has 1 atom stereocenters. The van der Waals surface area contributed by atoms with Gasteiger partial charge in [-0.3, -0.25) is 4.79 Å². The first-order chi connectivity index (χ1) is 11.1. The van der Waals surface area contributed by atoms with E-state index in [1.807, 2.05) is 13.8 Å². The Morgan fingerprint density at radius 2 is 1.75 bits per heavy atom. The van der Waals surface area contributed by atoms with Gasteiger partial charge in [0, 0.05) is 6.42 Å². The van der Waals surface area contributed by atoms with Gasteiger partial charge >= 0.3 is 6.18 Å². The smallest absolute Gasteiger partial charge is 0.397 e. The zero-order valence-electron chi connectivity index (χ0n) is 14.4. The third-order valence-corrected chi connectivity index (χ3v) is 4.88. The van der Waals surface area contributed by atoms with Gasteiger partial charge in [-0.15, -0.1) is 0 Å². The third kappa shape index (κ3) is 2.58. The normalized spacial score (nSPS) is 22.7. The fourth-order valence-corrected chi connectivity index (χ4v) is 3.72. The molecule has 2 aliphatic rings. The van der Waals surface area contributed by atoms with Crippen molar-refractivity contribution < 1.29 is 18.0 Å². The van der Waals surface area contributed by atoms with Crippen molar-refractivity contribution in [2.45, 2.75) is 53.1 Å². The molecule has 3 rings (SSSR count). The summed E-state index contributed by atoms with van der Waals surface area (Å²) >= 11 is 0. The molecule has 0 radical (unpaired) electrons. The number of hydrogen-bond donors (Lipinski definition) is 2. The Bertz CT molecular complexity index is 735. The van der Waals surface area contributed by atoms with Gasteiger partial charge in [-0.05, 0) is 53.5 Å². The number of nitrogens with two attached hydrogens (primary N) is 2. The molecule has 0 aliphatic heterocycles. The highest BCUT2D eigenvalue weighted by molar-refractivity contribution is 6.08. The average Bonchev–Trinajstić information content (AvgIpc) is 2.79. The van der Waals surface area contributed by atoms with Gasteiger partial charge in [0.25, 0.3) is 0 Å². The van der Waals surface area contributed by atoms with Crippen molar-refractivity contribution in [2.75, 3.05) is 11.5 Å². The summed E-state index contributed by atoms with van der Waals surface area (Å²) in [5, 5.41) is 0. The lowest BCUT2D eigenvalue weighted by Gasteiger charge is -2.33. The van der Waals surface area contributed by atoms with Crippen molar-refractivity contribution in [3.63, 3.8) is 0 Å². The first kappa shape index (κ1) is 18.4. The number of carbonyl (C=O) groups is 1. The Labute approximate surface area is 139 Å². The van der Waals surface area contributed by atoms with Crippen LogP contribution in [0.5, 0.6) is 0 Å². The molecule has 1 aromatic carbocycles. The van der Waals surface area contributed by atoms with Crippen molar-refractivity contribution in [2.24, 2.45) is 5.41 Å². The Balaban J connectivity index is 0.00000100. The van der Waals surface area contributed by atoms with E-state index in [9.17, 15) is 18.0 Å². The molecule has 0 amide bonds. The lowest BCUT2D eigenvalue weighted by molar-refractivity contribution is -0.130. The maximum atomic E-state index is 13.4. The van der Waals surface area contributed by atoms with Gasteiger partial charge in [0.15, 0.2) is 5.78 Å².